The lowest BCUT2D eigenvalue weighted by Crippen LogP contribution is -2.17. The number of nitrogens with zero attached hydrogens (tertiary/aromatic N) is 2. The van der Waals surface area contributed by atoms with Gasteiger partial charge in [-0.1, -0.05) is 31.1 Å². The van der Waals surface area contributed by atoms with E-state index in [2.05, 4.69) is 15.3 Å². The fraction of sp³-hybridized carbons (Fsp3) is 0.368. The molecule has 0 aliphatic heterocycles. The lowest BCUT2D eigenvalue weighted by Gasteiger charge is -2.15. The maximum Gasteiger partial charge on any atom is 0.416 e. The molecule has 3 nitrogen and oxygen atoms in total. The van der Waals surface area contributed by atoms with E-state index in [1.807, 2.05) is 13.0 Å². The molecule has 1 saturated carbocycles. The number of halogens is 3. The molecule has 1 aliphatic carbocycles. The summed E-state index contributed by atoms with van der Waals surface area (Å²) in [5.41, 5.74) is 0.879. The molecule has 1 fully saturated rings. The van der Waals surface area contributed by atoms with Gasteiger partial charge in [-0.15, -0.1) is 0 Å². The van der Waals surface area contributed by atoms with Crippen LogP contribution in [0.5, 0.6) is 0 Å². The minimum atomic E-state index is -4.31. The van der Waals surface area contributed by atoms with Crippen LogP contribution in [0.2, 0.25) is 0 Å². The van der Waals surface area contributed by atoms with E-state index in [4.69, 9.17) is 0 Å². The predicted octanol–water partition coefficient (Wildman–Crippen LogP) is 5.33. The molecule has 1 aromatic heterocycles. The molecule has 1 aliphatic rings. The summed E-state index contributed by atoms with van der Waals surface area (Å²) in [5, 5.41) is 3.46. The first-order valence-electron chi connectivity index (χ1n) is 8.37. The van der Waals surface area contributed by atoms with Crippen LogP contribution in [0, 0.1) is 6.92 Å². The van der Waals surface area contributed by atoms with Crippen molar-refractivity contribution in [1.82, 2.24) is 9.97 Å². The third-order valence-electron chi connectivity index (χ3n) is 4.33. The van der Waals surface area contributed by atoms with E-state index in [-0.39, 0.29) is 0 Å². The van der Waals surface area contributed by atoms with Crippen LogP contribution < -0.4 is 5.32 Å². The van der Waals surface area contributed by atoms with Crippen LogP contribution in [0.25, 0.3) is 12.2 Å². The second-order valence-corrected chi connectivity index (χ2v) is 6.30. The molecule has 6 heteroatoms. The van der Waals surface area contributed by atoms with E-state index in [0.717, 1.165) is 36.4 Å². The first kappa shape index (κ1) is 17.5. The number of hydrogen-bond donors (Lipinski definition) is 1. The van der Waals surface area contributed by atoms with E-state index < -0.39 is 11.7 Å². The quantitative estimate of drug-likeness (QED) is 0.812. The molecule has 0 saturated heterocycles. The van der Waals surface area contributed by atoms with Crippen LogP contribution in [0.15, 0.2) is 30.5 Å². The predicted molar refractivity (Wildman–Crippen MR) is 93.0 cm³/mol. The highest BCUT2D eigenvalue weighted by Gasteiger charge is 2.29. The maximum atomic E-state index is 12.6. The summed E-state index contributed by atoms with van der Waals surface area (Å²) in [4.78, 5) is 8.69. The van der Waals surface area contributed by atoms with Crippen molar-refractivity contribution in [1.29, 1.82) is 0 Å². The highest BCUT2D eigenvalue weighted by atomic mass is 19.4. The first-order valence-corrected chi connectivity index (χ1v) is 8.37. The minimum absolute atomic E-state index is 0.424. The van der Waals surface area contributed by atoms with E-state index >= 15 is 0 Å². The van der Waals surface area contributed by atoms with Gasteiger partial charge in [-0.2, -0.15) is 13.2 Å². The van der Waals surface area contributed by atoms with Crippen molar-refractivity contribution in [2.75, 3.05) is 5.32 Å². The van der Waals surface area contributed by atoms with Gasteiger partial charge in [-0.25, -0.2) is 9.97 Å². The number of alkyl halides is 3. The van der Waals surface area contributed by atoms with Crippen LogP contribution in [0.4, 0.5) is 19.0 Å². The molecule has 3 rings (SSSR count). The Kier molecular flexibility index (Phi) is 5.06. The van der Waals surface area contributed by atoms with E-state index in [0.29, 0.717) is 17.4 Å². The molecule has 0 unspecified atom stereocenters. The highest BCUT2D eigenvalue weighted by Crippen LogP contribution is 2.29. The van der Waals surface area contributed by atoms with Crippen molar-refractivity contribution in [2.24, 2.45) is 0 Å². The molecule has 1 aromatic carbocycles. The van der Waals surface area contributed by atoms with Gasteiger partial charge in [0.2, 0.25) is 0 Å². The van der Waals surface area contributed by atoms with Crippen molar-refractivity contribution in [3.63, 3.8) is 0 Å². The zero-order chi connectivity index (χ0) is 17.9. The largest absolute Gasteiger partial charge is 0.416 e. The van der Waals surface area contributed by atoms with Crippen molar-refractivity contribution < 1.29 is 13.2 Å². The van der Waals surface area contributed by atoms with Gasteiger partial charge in [0.15, 0.2) is 0 Å². The summed E-state index contributed by atoms with van der Waals surface area (Å²) >= 11 is 0. The number of rotatable bonds is 4. The molecule has 132 valence electrons. The molecule has 1 N–H and O–H groups in total. The Bertz CT molecular complexity index is 745. The summed E-state index contributed by atoms with van der Waals surface area (Å²) < 4.78 is 37.8. The topological polar surface area (TPSA) is 37.8 Å². The van der Waals surface area contributed by atoms with Gasteiger partial charge >= 0.3 is 6.18 Å². The van der Waals surface area contributed by atoms with Gasteiger partial charge in [-0.05, 0) is 43.5 Å². The molecule has 0 bridgehead atoms. The normalized spacial score (nSPS) is 15.8. The monoisotopic (exact) mass is 347 g/mol. The van der Waals surface area contributed by atoms with Crippen molar-refractivity contribution >= 4 is 18.0 Å². The molecule has 1 heterocycles. The number of aryl methyl sites for hydroxylation is 1. The van der Waals surface area contributed by atoms with Crippen LogP contribution in [0.3, 0.4) is 0 Å². The second kappa shape index (κ2) is 7.25. The van der Waals surface area contributed by atoms with Crippen LogP contribution >= 0.6 is 0 Å². The van der Waals surface area contributed by atoms with Gasteiger partial charge in [0, 0.05) is 17.8 Å². The number of benzene rings is 1. The molecule has 0 amide bonds. The summed E-state index contributed by atoms with van der Waals surface area (Å²) in [5.74, 6) is 1.47. The molecule has 2 aromatic rings. The summed E-state index contributed by atoms with van der Waals surface area (Å²) in [6, 6.07) is 5.51. The van der Waals surface area contributed by atoms with Crippen LogP contribution in [-0.4, -0.2) is 16.0 Å². The maximum absolute atomic E-state index is 12.6. The average Bonchev–Trinajstić information content (AvgIpc) is 3.07. The van der Waals surface area contributed by atoms with Crippen LogP contribution in [-0.2, 0) is 6.18 Å². The standard InChI is InChI=1S/C19H20F3N3/c1-13-23-12-15(18(24-13)25-17-4-2-3-5-17)9-6-14-7-10-16(11-8-14)19(20,21)22/h6-12,17H,2-5H2,1H3,(H,23,24,25). The number of hydrogen-bond acceptors (Lipinski definition) is 3. The smallest absolute Gasteiger partial charge is 0.367 e. The minimum Gasteiger partial charge on any atom is -0.367 e. The Morgan fingerprint density at radius 3 is 2.40 bits per heavy atom. The SMILES string of the molecule is Cc1ncc(C=Cc2ccc(C(F)(F)F)cc2)c(NC2CCCC2)n1. The number of nitrogens with one attached hydrogen (secondary N) is 1. The lowest BCUT2D eigenvalue weighted by atomic mass is 10.1. The molecular formula is C19H20F3N3. The average molecular weight is 347 g/mol. The molecule has 0 spiro atoms. The fourth-order valence-corrected chi connectivity index (χ4v) is 2.95. The Labute approximate surface area is 145 Å². The van der Waals surface area contributed by atoms with Crippen molar-refractivity contribution in [3.05, 3.63) is 53.0 Å². The zero-order valence-corrected chi connectivity index (χ0v) is 14.0. The second-order valence-electron chi connectivity index (χ2n) is 6.30. The Morgan fingerprint density at radius 2 is 1.76 bits per heavy atom. The van der Waals surface area contributed by atoms with Gasteiger partial charge in [0.1, 0.15) is 11.6 Å². The van der Waals surface area contributed by atoms with Gasteiger partial charge < -0.3 is 5.32 Å². The van der Waals surface area contributed by atoms with E-state index in [9.17, 15) is 13.2 Å². The number of aromatic nitrogens is 2. The van der Waals surface area contributed by atoms with E-state index in [1.165, 1.54) is 25.0 Å². The summed E-state index contributed by atoms with van der Waals surface area (Å²) in [6.45, 7) is 1.84. The Balaban J connectivity index is 1.78. The van der Waals surface area contributed by atoms with E-state index in [1.54, 1.807) is 12.3 Å². The van der Waals surface area contributed by atoms with Gasteiger partial charge in [0.25, 0.3) is 0 Å². The highest BCUT2D eigenvalue weighted by molar-refractivity contribution is 5.74. The molecule has 0 radical (unpaired) electrons. The third kappa shape index (κ3) is 4.59. The zero-order valence-electron chi connectivity index (χ0n) is 14.0. The molecular weight excluding hydrogens is 327 g/mol. The Hall–Kier alpha value is -2.37. The summed E-state index contributed by atoms with van der Waals surface area (Å²) in [7, 11) is 0. The number of anilines is 1. The first-order chi connectivity index (χ1) is 11.9. The van der Waals surface area contributed by atoms with Crippen LogP contribution in [0.1, 0.15) is 48.2 Å². The van der Waals surface area contributed by atoms with Gasteiger partial charge in [-0.3, -0.25) is 0 Å². The fourth-order valence-electron chi connectivity index (χ4n) is 2.95. The van der Waals surface area contributed by atoms with Crippen molar-refractivity contribution in [2.45, 2.75) is 44.8 Å². The van der Waals surface area contributed by atoms with Gasteiger partial charge in [0.05, 0.1) is 5.56 Å². The molecule has 25 heavy (non-hydrogen) atoms. The third-order valence-corrected chi connectivity index (χ3v) is 4.33. The Morgan fingerprint density at radius 1 is 1.08 bits per heavy atom. The lowest BCUT2D eigenvalue weighted by molar-refractivity contribution is -0.137. The van der Waals surface area contributed by atoms with Crippen molar-refractivity contribution in [3.8, 4) is 0 Å². The summed E-state index contributed by atoms with van der Waals surface area (Å²) in [6.07, 6.45) is 5.73. The molecule has 0 atom stereocenters.